The summed E-state index contributed by atoms with van der Waals surface area (Å²) in [6, 6.07) is 0. The third-order valence-electron chi connectivity index (χ3n) is 1.83. The quantitative estimate of drug-likeness (QED) is 0.655. The van der Waals surface area contributed by atoms with Crippen molar-refractivity contribution in [3.8, 4) is 0 Å². The topological polar surface area (TPSA) is 30.2 Å². The van der Waals surface area contributed by atoms with Gasteiger partial charge in [0.05, 0.1) is 0 Å². The molecule has 0 aliphatic carbocycles. The zero-order valence-electron chi connectivity index (χ0n) is 11.2. The van der Waals surface area contributed by atoms with Gasteiger partial charge in [-0.15, -0.1) is 0 Å². The second kappa shape index (κ2) is 6.99. The minimum atomic E-state index is 0.0285. The van der Waals surface area contributed by atoms with Crippen LogP contribution in [0.2, 0.25) is 0 Å². The van der Waals surface area contributed by atoms with Crippen LogP contribution in [-0.4, -0.2) is 15.9 Å². The van der Waals surface area contributed by atoms with Crippen molar-refractivity contribution in [2.24, 2.45) is 10.5 Å². The maximum absolute atomic E-state index is 4.27. The van der Waals surface area contributed by atoms with Crippen LogP contribution < -0.4 is 0 Å². The van der Waals surface area contributed by atoms with Gasteiger partial charge in [0.15, 0.2) is 5.82 Å². The van der Waals surface area contributed by atoms with Gasteiger partial charge >= 0.3 is 0 Å². The Morgan fingerprint density at radius 2 is 1.75 bits per heavy atom. The third-order valence-corrected chi connectivity index (χ3v) is 1.83. The summed E-state index contributed by atoms with van der Waals surface area (Å²) in [5, 5.41) is 4.27. The smallest absolute Gasteiger partial charge is 0.153 e. The minimum absolute atomic E-state index is 0.0285. The van der Waals surface area contributed by atoms with Gasteiger partial charge in [-0.3, -0.25) is 0 Å². The zero-order valence-corrected chi connectivity index (χ0v) is 11.2. The molecule has 0 atom stereocenters. The average Bonchev–Trinajstić information content (AvgIpc) is 2.72. The van der Waals surface area contributed by atoms with Crippen LogP contribution in [0.5, 0.6) is 0 Å². The highest BCUT2D eigenvalue weighted by molar-refractivity contribution is 5.70. The van der Waals surface area contributed by atoms with E-state index in [0.717, 1.165) is 5.82 Å². The molecule has 3 heteroatoms. The summed E-state index contributed by atoms with van der Waals surface area (Å²) >= 11 is 0. The van der Waals surface area contributed by atoms with Gasteiger partial charge in [-0.05, 0) is 6.08 Å². The molecule has 16 heavy (non-hydrogen) atoms. The lowest BCUT2D eigenvalue weighted by atomic mass is 9.95. The lowest BCUT2D eigenvalue weighted by Crippen LogP contribution is -2.07. The highest BCUT2D eigenvalue weighted by Gasteiger charge is 2.13. The number of nitrogens with zero attached hydrogens (tertiary/aromatic N) is 3. The van der Waals surface area contributed by atoms with E-state index in [1.807, 2.05) is 46.2 Å². The molecule has 1 aromatic heterocycles. The Morgan fingerprint density at radius 3 is 2.38 bits per heavy atom. The summed E-state index contributed by atoms with van der Waals surface area (Å²) in [6.45, 7) is 12.2. The van der Waals surface area contributed by atoms with Gasteiger partial charge < -0.3 is 0 Å². The highest BCUT2D eigenvalue weighted by atomic mass is 15.4. The number of aromatic nitrogens is 2. The molecule has 2 rings (SSSR count). The predicted molar refractivity (Wildman–Crippen MR) is 71.6 cm³/mol. The van der Waals surface area contributed by atoms with Gasteiger partial charge in [0, 0.05) is 24.0 Å². The summed E-state index contributed by atoms with van der Waals surface area (Å²) in [6.07, 6.45) is 9.60. The van der Waals surface area contributed by atoms with Gasteiger partial charge in [0.2, 0.25) is 0 Å². The Balaban J connectivity index is 0.000000509. The first-order valence-electron chi connectivity index (χ1n) is 5.95. The average molecular weight is 221 g/mol. The van der Waals surface area contributed by atoms with E-state index >= 15 is 0 Å². The fourth-order valence-electron chi connectivity index (χ4n) is 1.07. The minimum Gasteiger partial charge on any atom is -0.236 e. The van der Waals surface area contributed by atoms with Gasteiger partial charge in [-0.25, -0.2) is 9.66 Å². The molecular formula is C13H23N3. The van der Waals surface area contributed by atoms with Crippen molar-refractivity contribution in [1.82, 2.24) is 9.66 Å². The molecule has 0 fully saturated rings. The Morgan fingerprint density at radius 1 is 1.12 bits per heavy atom. The van der Waals surface area contributed by atoms with Crippen LogP contribution in [0.25, 0.3) is 6.08 Å². The summed E-state index contributed by atoms with van der Waals surface area (Å²) in [5.74, 6) is 0.886. The van der Waals surface area contributed by atoms with Crippen LogP contribution in [0.1, 0.15) is 47.4 Å². The first-order chi connectivity index (χ1) is 7.67. The predicted octanol–water partition coefficient (Wildman–Crippen LogP) is 3.82. The van der Waals surface area contributed by atoms with Crippen molar-refractivity contribution in [1.29, 1.82) is 0 Å². The van der Waals surface area contributed by atoms with Gasteiger partial charge in [-0.1, -0.05) is 47.6 Å². The van der Waals surface area contributed by atoms with Crippen LogP contribution in [0.3, 0.4) is 0 Å². The molecule has 1 aliphatic heterocycles. The maximum atomic E-state index is 4.27. The molecule has 2 heterocycles. The summed E-state index contributed by atoms with van der Waals surface area (Å²) < 4.78 is 1.77. The van der Waals surface area contributed by atoms with E-state index in [1.54, 1.807) is 10.9 Å². The first-order valence-corrected chi connectivity index (χ1v) is 5.95. The molecule has 0 spiro atoms. The van der Waals surface area contributed by atoms with Crippen LogP contribution in [0, 0.1) is 5.41 Å². The van der Waals surface area contributed by atoms with E-state index in [-0.39, 0.29) is 5.41 Å². The fraction of sp³-hybridized carbons (Fsp3) is 0.538. The second-order valence-electron chi connectivity index (χ2n) is 3.53. The van der Waals surface area contributed by atoms with Crippen molar-refractivity contribution >= 4 is 12.3 Å². The number of rotatable bonds is 0. The number of allylic oxidation sites excluding steroid dienone is 1. The molecule has 1 aliphatic rings. The summed E-state index contributed by atoms with van der Waals surface area (Å²) in [5.41, 5.74) is 0.0285. The van der Waals surface area contributed by atoms with E-state index in [0.29, 0.717) is 0 Å². The third kappa shape index (κ3) is 4.01. The number of fused-ring (bicyclic) bond motifs is 1. The molecule has 0 radical (unpaired) electrons. The monoisotopic (exact) mass is 221 g/mol. The largest absolute Gasteiger partial charge is 0.236 e. The zero-order chi connectivity index (χ0) is 12.6. The standard InChI is InChI=1S/C9H11N3.2C2H6/c1-9(2)4-3-8-10-5-6-12(8)11-7-9;2*1-2/h3-7H,1-2H3;2*1-2H3. The van der Waals surface area contributed by atoms with E-state index in [4.69, 9.17) is 0 Å². The molecule has 0 amide bonds. The first kappa shape index (κ1) is 14.6. The second-order valence-corrected chi connectivity index (χ2v) is 3.53. The van der Waals surface area contributed by atoms with Crippen molar-refractivity contribution in [2.45, 2.75) is 41.5 Å². The highest BCUT2D eigenvalue weighted by Crippen LogP contribution is 2.18. The van der Waals surface area contributed by atoms with Crippen molar-refractivity contribution < 1.29 is 0 Å². The number of hydrogen-bond donors (Lipinski definition) is 0. The molecule has 0 saturated carbocycles. The molecule has 0 unspecified atom stereocenters. The Labute approximate surface area is 98.9 Å². The number of imidazole rings is 1. The van der Waals surface area contributed by atoms with E-state index in [1.165, 1.54) is 0 Å². The van der Waals surface area contributed by atoms with Gasteiger partial charge in [0.1, 0.15) is 0 Å². The summed E-state index contributed by atoms with van der Waals surface area (Å²) in [7, 11) is 0. The van der Waals surface area contributed by atoms with E-state index in [9.17, 15) is 0 Å². The maximum Gasteiger partial charge on any atom is 0.153 e. The molecule has 0 saturated heterocycles. The lowest BCUT2D eigenvalue weighted by Gasteiger charge is -2.10. The van der Waals surface area contributed by atoms with Crippen LogP contribution in [0.4, 0.5) is 0 Å². The van der Waals surface area contributed by atoms with Crippen LogP contribution in [0.15, 0.2) is 23.6 Å². The molecule has 3 nitrogen and oxygen atoms in total. The van der Waals surface area contributed by atoms with Gasteiger partial charge in [0.25, 0.3) is 0 Å². The normalized spacial score (nSPS) is 14.9. The molecular weight excluding hydrogens is 198 g/mol. The van der Waals surface area contributed by atoms with Crippen molar-refractivity contribution in [3.63, 3.8) is 0 Å². The molecule has 1 aromatic rings. The SMILES string of the molecule is CC.CC.CC1(C)C=Cc2nccn2N=C1. The Kier molecular flexibility index (Phi) is 6.38. The molecule has 0 N–H and O–H groups in total. The van der Waals surface area contributed by atoms with E-state index < -0.39 is 0 Å². The Bertz CT molecular complexity index is 315. The van der Waals surface area contributed by atoms with Crippen LogP contribution in [-0.2, 0) is 0 Å². The van der Waals surface area contributed by atoms with E-state index in [2.05, 4.69) is 30.0 Å². The Hall–Kier alpha value is -1.38. The molecule has 90 valence electrons. The van der Waals surface area contributed by atoms with Crippen LogP contribution >= 0.6 is 0 Å². The number of hydrogen-bond acceptors (Lipinski definition) is 2. The van der Waals surface area contributed by atoms with Crippen molar-refractivity contribution in [3.05, 3.63) is 24.3 Å². The summed E-state index contributed by atoms with van der Waals surface area (Å²) in [4.78, 5) is 4.14. The molecule has 0 aromatic carbocycles. The molecule has 0 bridgehead atoms. The van der Waals surface area contributed by atoms with Gasteiger partial charge in [-0.2, -0.15) is 5.10 Å². The fourth-order valence-corrected chi connectivity index (χ4v) is 1.07. The lowest BCUT2D eigenvalue weighted by molar-refractivity contribution is 0.691. The van der Waals surface area contributed by atoms with Crippen molar-refractivity contribution in [2.75, 3.05) is 0 Å².